The molecular weight excluding hydrogens is 576 g/mol. The van der Waals surface area contributed by atoms with E-state index in [2.05, 4.69) is 84.5 Å². The van der Waals surface area contributed by atoms with Gasteiger partial charge in [0.1, 0.15) is 0 Å². The minimum absolute atomic E-state index is 0.211. The van der Waals surface area contributed by atoms with Gasteiger partial charge in [-0.05, 0) is 121 Å². The summed E-state index contributed by atoms with van der Waals surface area (Å²) in [6.45, 7) is 15.0. The van der Waals surface area contributed by atoms with Crippen LogP contribution >= 0.6 is 0 Å². The maximum Gasteiger partial charge on any atom is 0.403 e. The third-order valence-electron chi connectivity index (χ3n) is 10.3. The second-order valence-electron chi connectivity index (χ2n) is 13.6. The zero-order valence-electron chi connectivity index (χ0n) is 28.7. The number of unbranched alkanes of at least 4 members (excludes halogenated alkanes) is 2. The van der Waals surface area contributed by atoms with Crippen molar-refractivity contribution in [3.63, 3.8) is 0 Å². The number of benzene rings is 2. The van der Waals surface area contributed by atoms with Gasteiger partial charge >= 0.3 is 12.3 Å². The fraction of sp³-hybridized carbons (Fsp3) is 0.476. The van der Waals surface area contributed by atoms with Crippen molar-refractivity contribution in [1.82, 2.24) is 4.90 Å². The van der Waals surface area contributed by atoms with E-state index in [-0.39, 0.29) is 5.92 Å². The van der Waals surface area contributed by atoms with Crippen LogP contribution in [-0.4, -0.2) is 22.4 Å². The highest BCUT2D eigenvalue weighted by molar-refractivity contribution is 5.82. The van der Waals surface area contributed by atoms with E-state index in [0.717, 1.165) is 65.0 Å². The van der Waals surface area contributed by atoms with E-state index in [1.807, 2.05) is 6.08 Å². The molecule has 0 amide bonds. The van der Waals surface area contributed by atoms with E-state index in [4.69, 9.17) is 4.99 Å². The number of hydrogen-bond donors (Lipinski definition) is 2. The molecule has 2 aromatic carbocycles. The lowest BCUT2D eigenvalue weighted by Crippen LogP contribution is -2.36. The molecule has 5 heteroatoms. The molecule has 2 unspecified atom stereocenters. The molecule has 2 fully saturated rings. The first-order chi connectivity index (χ1) is 23.0. The van der Waals surface area contributed by atoms with Crippen molar-refractivity contribution < 1.29 is 5.11 Å². The van der Waals surface area contributed by atoms with Gasteiger partial charge in [-0.25, -0.2) is 4.99 Å². The predicted molar refractivity (Wildman–Crippen MR) is 201 cm³/mol. The summed E-state index contributed by atoms with van der Waals surface area (Å²) in [7, 11) is 0. The Kier molecular flexibility index (Phi) is 12.7. The molecular formula is C42H55N4O+. The van der Waals surface area contributed by atoms with Gasteiger partial charge < -0.3 is 15.3 Å². The number of allylic oxidation sites excluding steroid dienone is 4. The molecule has 0 bridgehead atoms. The zero-order chi connectivity index (χ0) is 33.0. The number of anilines is 1. The molecule has 2 aromatic rings. The van der Waals surface area contributed by atoms with Gasteiger partial charge in [-0.3, -0.25) is 0 Å². The number of nitrogens with one attached hydrogen (secondary N) is 1. The zero-order valence-corrected chi connectivity index (χ0v) is 28.7. The molecule has 2 N–H and O–H groups in total. The number of rotatable bonds is 13. The molecule has 248 valence electrons. The van der Waals surface area contributed by atoms with Crippen LogP contribution in [0.3, 0.4) is 0 Å². The minimum atomic E-state index is -1.08. The Hall–Kier alpha value is -3.88. The van der Waals surface area contributed by atoms with Crippen molar-refractivity contribution >= 4 is 17.7 Å². The molecule has 0 saturated heterocycles. The van der Waals surface area contributed by atoms with Crippen LogP contribution in [0, 0.1) is 6.07 Å². The number of aliphatic hydroxyl groups excluding tert-OH is 1. The monoisotopic (exact) mass is 631 g/mol. The van der Waals surface area contributed by atoms with Crippen molar-refractivity contribution in [3.05, 3.63) is 101 Å². The van der Waals surface area contributed by atoms with Gasteiger partial charge in [-0.2, -0.15) is 0 Å². The normalized spacial score (nSPS) is 17.6. The third kappa shape index (κ3) is 8.73. The summed E-state index contributed by atoms with van der Waals surface area (Å²) in [5, 5.41) is 14.9. The predicted octanol–water partition coefficient (Wildman–Crippen LogP) is 11.5. The Bertz CT molecular complexity index is 1530. The van der Waals surface area contributed by atoms with Crippen LogP contribution in [0.25, 0.3) is 16.0 Å². The van der Waals surface area contributed by atoms with Gasteiger partial charge in [0.05, 0.1) is 29.4 Å². The van der Waals surface area contributed by atoms with Gasteiger partial charge in [0.25, 0.3) is 0 Å². The first-order valence-corrected chi connectivity index (χ1v) is 18.1. The molecule has 0 radical (unpaired) electrons. The van der Waals surface area contributed by atoms with E-state index in [1.54, 1.807) is 11.8 Å². The van der Waals surface area contributed by atoms with Crippen LogP contribution in [0.15, 0.2) is 79.0 Å². The van der Waals surface area contributed by atoms with Crippen molar-refractivity contribution in [2.24, 2.45) is 4.99 Å². The Labute approximate surface area is 283 Å². The molecule has 0 spiro atoms. The SMILES string of the molecule is C=CC#[N+]C(O)c1c(C(C)CCCCC=C2CCCCC2)cc(-c2ccc3c(c2)N=CN(C2CCCCC2)C3)c(CC=C)c1NC=C. The number of aliphatic hydroxyl groups is 1. The number of fused-ring (bicyclic) bond motifs is 1. The first-order valence-electron chi connectivity index (χ1n) is 18.1. The lowest BCUT2D eigenvalue weighted by Gasteiger charge is -2.35. The number of hydrogen-bond acceptors (Lipinski definition) is 4. The summed E-state index contributed by atoms with van der Waals surface area (Å²) < 4.78 is 0. The summed E-state index contributed by atoms with van der Waals surface area (Å²) in [6, 6.07) is 12.4. The molecule has 2 aliphatic carbocycles. The lowest BCUT2D eigenvalue weighted by molar-refractivity contribution is 0.225. The molecule has 1 aliphatic heterocycles. The maximum atomic E-state index is 11.5. The highest BCUT2D eigenvalue weighted by Gasteiger charge is 2.31. The molecule has 2 saturated carbocycles. The van der Waals surface area contributed by atoms with Crippen LogP contribution in [0.1, 0.15) is 131 Å². The minimum Gasteiger partial charge on any atom is -0.361 e. The van der Waals surface area contributed by atoms with Crippen LogP contribution < -0.4 is 5.32 Å². The Morgan fingerprint density at radius 1 is 1.06 bits per heavy atom. The largest absolute Gasteiger partial charge is 0.403 e. The van der Waals surface area contributed by atoms with Crippen LogP contribution in [0.5, 0.6) is 0 Å². The topological polar surface area (TPSA) is 52.2 Å². The van der Waals surface area contributed by atoms with Crippen LogP contribution in [0.4, 0.5) is 11.4 Å². The fourth-order valence-corrected chi connectivity index (χ4v) is 7.78. The average molecular weight is 632 g/mol. The smallest absolute Gasteiger partial charge is 0.361 e. The molecule has 0 aromatic heterocycles. The second kappa shape index (κ2) is 17.3. The molecule has 3 aliphatic rings. The van der Waals surface area contributed by atoms with E-state index >= 15 is 0 Å². The molecule has 1 heterocycles. The summed E-state index contributed by atoms with van der Waals surface area (Å²) in [5.74, 6) is 0.211. The van der Waals surface area contributed by atoms with Gasteiger partial charge in [0, 0.05) is 12.6 Å². The summed E-state index contributed by atoms with van der Waals surface area (Å²) in [4.78, 5) is 11.7. The van der Waals surface area contributed by atoms with E-state index in [0.29, 0.717) is 12.5 Å². The van der Waals surface area contributed by atoms with Crippen molar-refractivity contribution in [2.45, 2.75) is 128 Å². The first kappa shape index (κ1) is 34.5. The van der Waals surface area contributed by atoms with Crippen molar-refractivity contribution in [1.29, 1.82) is 0 Å². The third-order valence-corrected chi connectivity index (χ3v) is 10.3. The van der Waals surface area contributed by atoms with Crippen molar-refractivity contribution in [3.8, 4) is 17.2 Å². The van der Waals surface area contributed by atoms with Gasteiger partial charge in [-0.1, -0.05) is 82.0 Å². The number of aliphatic imine (C=N–C) groups is 1. The van der Waals surface area contributed by atoms with Gasteiger partial charge in [0.2, 0.25) is 0 Å². The second-order valence-corrected chi connectivity index (χ2v) is 13.6. The lowest BCUT2D eigenvalue weighted by atomic mass is 9.83. The van der Waals surface area contributed by atoms with Gasteiger partial charge in [0.15, 0.2) is 0 Å². The average Bonchev–Trinajstić information content (AvgIpc) is 3.11. The molecule has 2 atom stereocenters. The van der Waals surface area contributed by atoms with E-state index in [1.165, 1.54) is 82.3 Å². The number of nitrogens with zero attached hydrogens (tertiary/aromatic N) is 3. The van der Waals surface area contributed by atoms with E-state index < -0.39 is 6.23 Å². The maximum absolute atomic E-state index is 11.5. The highest BCUT2D eigenvalue weighted by atomic mass is 16.3. The van der Waals surface area contributed by atoms with Gasteiger partial charge in [-0.15, -0.1) is 6.58 Å². The molecule has 47 heavy (non-hydrogen) atoms. The molecule has 5 nitrogen and oxygen atoms in total. The standard InChI is InChI=1S/C42H55N4O/c1-5-17-36-38(33-24-25-34-29-46(30-45-39(34)27-33)35-22-15-10-16-23-35)28-37(40(41(36)43-7-3)42(47)44-26-6-2)31(4)18-11-8-12-19-32-20-13-9-14-21-32/h5-7,19,24-25,27-28,30-31,35,42-43,47H,1-3,8-18,20-23,29H2,4H3/q+1. The summed E-state index contributed by atoms with van der Waals surface area (Å²) in [6.07, 6.45) is 26.8. The Morgan fingerprint density at radius 2 is 1.85 bits per heavy atom. The van der Waals surface area contributed by atoms with Crippen LogP contribution in [0.2, 0.25) is 0 Å². The van der Waals surface area contributed by atoms with Crippen molar-refractivity contribution in [2.75, 3.05) is 5.32 Å². The summed E-state index contributed by atoms with van der Waals surface area (Å²) >= 11 is 0. The molecule has 5 rings (SSSR count). The highest BCUT2D eigenvalue weighted by Crippen LogP contribution is 2.44. The quantitative estimate of drug-likeness (QED) is 0.131. The van der Waals surface area contributed by atoms with E-state index in [9.17, 15) is 5.11 Å². The Balaban J connectivity index is 1.49. The fourth-order valence-electron chi connectivity index (χ4n) is 7.78. The Morgan fingerprint density at radius 3 is 2.60 bits per heavy atom. The van der Waals surface area contributed by atoms with Crippen LogP contribution in [-0.2, 0) is 13.0 Å². The summed E-state index contributed by atoms with van der Waals surface area (Å²) in [5.41, 5.74) is 9.97.